The van der Waals surface area contributed by atoms with E-state index in [0.29, 0.717) is 21.9 Å². The van der Waals surface area contributed by atoms with Crippen LogP contribution in [0.5, 0.6) is 5.75 Å². The summed E-state index contributed by atoms with van der Waals surface area (Å²) in [6.45, 7) is 2.01. The number of nitrogens with zero attached hydrogens (tertiary/aromatic N) is 1. The SMILES string of the molecule is Cc1cc(OCc2cc(F)ccc2C#N)ccc1Cl. The molecule has 0 unspecified atom stereocenters. The summed E-state index contributed by atoms with van der Waals surface area (Å²) in [6.07, 6.45) is 0. The minimum Gasteiger partial charge on any atom is -0.489 e. The summed E-state index contributed by atoms with van der Waals surface area (Å²) in [6, 6.07) is 11.3. The predicted octanol–water partition coefficient (Wildman–Crippen LogP) is 4.24. The fourth-order valence-corrected chi connectivity index (χ4v) is 1.78. The first-order valence-electron chi connectivity index (χ1n) is 5.67. The Hall–Kier alpha value is -2.05. The molecule has 0 amide bonds. The topological polar surface area (TPSA) is 33.0 Å². The fraction of sp³-hybridized carbons (Fsp3) is 0.133. The molecule has 2 rings (SSSR count). The third kappa shape index (κ3) is 3.24. The molecule has 0 saturated heterocycles. The summed E-state index contributed by atoms with van der Waals surface area (Å²) in [5.74, 6) is 0.250. The van der Waals surface area contributed by atoms with E-state index in [1.54, 1.807) is 18.2 Å². The van der Waals surface area contributed by atoms with Crippen LogP contribution in [0.3, 0.4) is 0 Å². The maximum absolute atomic E-state index is 13.1. The van der Waals surface area contributed by atoms with Gasteiger partial charge in [-0.25, -0.2) is 4.39 Å². The van der Waals surface area contributed by atoms with Crippen molar-refractivity contribution in [2.24, 2.45) is 0 Å². The predicted molar refractivity (Wildman–Crippen MR) is 71.6 cm³/mol. The van der Waals surface area contributed by atoms with Crippen molar-refractivity contribution in [3.63, 3.8) is 0 Å². The summed E-state index contributed by atoms with van der Waals surface area (Å²) in [4.78, 5) is 0. The molecular weight excluding hydrogens is 265 g/mol. The van der Waals surface area contributed by atoms with Crippen molar-refractivity contribution in [1.29, 1.82) is 5.26 Å². The van der Waals surface area contributed by atoms with Gasteiger partial charge in [0, 0.05) is 10.6 Å². The van der Waals surface area contributed by atoms with E-state index < -0.39 is 0 Å². The molecule has 96 valence electrons. The van der Waals surface area contributed by atoms with Gasteiger partial charge in [-0.05, 0) is 48.9 Å². The van der Waals surface area contributed by atoms with Gasteiger partial charge in [-0.3, -0.25) is 0 Å². The zero-order valence-corrected chi connectivity index (χ0v) is 11.0. The van der Waals surface area contributed by atoms with Gasteiger partial charge in [-0.2, -0.15) is 5.26 Å². The van der Waals surface area contributed by atoms with Gasteiger partial charge in [0.15, 0.2) is 0 Å². The lowest BCUT2D eigenvalue weighted by molar-refractivity contribution is 0.305. The Morgan fingerprint density at radius 3 is 2.74 bits per heavy atom. The number of rotatable bonds is 3. The zero-order valence-electron chi connectivity index (χ0n) is 10.3. The lowest BCUT2D eigenvalue weighted by Gasteiger charge is -2.09. The van der Waals surface area contributed by atoms with E-state index in [1.165, 1.54) is 18.2 Å². The highest BCUT2D eigenvalue weighted by atomic mass is 35.5. The fourth-order valence-electron chi connectivity index (χ4n) is 1.66. The third-order valence-corrected chi connectivity index (χ3v) is 3.14. The van der Waals surface area contributed by atoms with Crippen LogP contribution in [0.15, 0.2) is 36.4 Å². The third-order valence-electron chi connectivity index (χ3n) is 2.71. The summed E-state index contributed by atoms with van der Waals surface area (Å²) < 4.78 is 18.7. The summed E-state index contributed by atoms with van der Waals surface area (Å²) in [7, 11) is 0. The van der Waals surface area contributed by atoms with Crippen LogP contribution < -0.4 is 4.74 Å². The Morgan fingerprint density at radius 2 is 2.05 bits per heavy atom. The average molecular weight is 276 g/mol. The molecule has 0 heterocycles. The molecule has 0 fully saturated rings. The normalized spacial score (nSPS) is 10.0. The zero-order chi connectivity index (χ0) is 13.8. The standard InChI is InChI=1S/C15H11ClFNO/c1-10-6-14(4-5-15(10)16)19-9-12-7-13(17)3-2-11(12)8-18/h2-7H,9H2,1H3. The number of aryl methyl sites for hydroxylation is 1. The molecule has 0 aliphatic heterocycles. The van der Waals surface area contributed by atoms with Crippen LogP contribution in [-0.4, -0.2) is 0 Å². The minimum absolute atomic E-state index is 0.141. The van der Waals surface area contributed by atoms with Crippen molar-refractivity contribution in [1.82, 2.24) is 0 Å². The Morgan fingerprint density at radius 1 is 1.26 bits per heavy atom. The smallest absolute Gasteiger partial charge is 0.123 e. The van der Waals surface area contributed by atoms with Gasteiger partial charge in [0.05, 0.1) is 11.6 Å². The van der Waals surface area contributed by atoms with Crippen LogP contribution in [0, 0.1) is 24.1 Å². The van der Waals surface area contributed by atoms with Crippen molar-refractivity contribution in [2.45, 2.75) is 13.5 Å². The molecule has 4 heteroatoms. The molecule has 0 aromatic heterocycles. The van der Waals surface area contributed by atoms with Crippen LogP contribution in [-0.2, 0) is 6.61 Å². The monoisotopic (exact) mass is 275 g/mol. The molecule has 0 spiro atoms. The second kappa shape index (κ2) is 5.73. The van der Waals surface area contributed by atoms with Gasteiger partial charge in [-0.1, -0.05) is 11.6 Å². The van der Waals surface area contributed by atoms with E-state index in [9.17, 15) is 4.39 Å². The first-order valence-corrected chi connectivity index (χ1v) is 6.05. The average Bonchev–Trinajstić information content (AvgIpc) is 2.40. The molecule has 0 bridgehead atoms. The van der Waals surface area contributed by atoms with Crippen molar-refractivity contribution in [3.8, 4) is 11.8 Å². The Kier molecular flexibility index (Phi) is 4.03. The molecule has 0 aliphatic carbocycles. The number of hydrogen-bond donors (Lipinski definition) is 0. The molecule has 19 heavy (non-hydrogen) atoms. The first kappa shape index (κ1) is 13.4. The summed E-state index contributed by atoms with van der Waals surface area (Å²) in [5.41, 5.74) is 1.83. The highest BCUT2D eigenvalue weighted by Gasteiger charge is 2.05. The van der Waals surface area contributed by atoms with E-state index >= 15 is 0 Å². The highest BCUT2D eigenvalue weighted by Crippen LogP contribution is 2.22. The Bertz CT molecular complexity index is 649. The van der Waals surface area contributed by atoms with Crippen molar-refractivity contribution in [2.75, 3.05) is 0 Å². The minimum atomic E-state index is -0.384. The van der Waals surface area contributed by atoms with E-state index in [2.05, 4.69) is 0 Å². The van der Waals surface area contributed by atoms with E-state index in [0.717, 1.165) is 5.56 Å². The second-order valence-corrected chi connectivity index (χ2v) is 4.52. The van der Waals surface area contributed by atoms with Gasteiger partial charge in [0.2, 0.25) is 0 Å². The van der Waals surface area contributed by atoms with Crippen LogP contribution in [0.4, 0.5) is 4.39 Å². The van der Waals surface area contributed by atoms with Crippen molar-refractivity contribution >= 4 is 11.6 Å². The van der Waals surface area contributed by atoms with E-state index in [-0.39, 0.29) is 12.4 Å². The van der Waals surface area contributed by atoms with Crippen molar-refractivity contribution in [3.05, 3.63) is 63.9 Å². The van der Waals surface area contributed by atoms with Crippen LogP contribution in [0.2, 0.25) is 5.02 Å². The lowest BCUT2D eigenvalue weighted by atomic mass is 10.1. The molecule has 2 aromatic carbocycles. The van der Waals surface area contributed by atoms with Gasteiger partial charge in [-0.15, -0.1) is 0 Å². The quantitative estimate of drug-likeness (QED) is 0.839. The van der Waals surface area contributed by atoms with Crippen LogP contribution in [0.25, 0.3) is 0 Å². The van der Waals surface area contributed by atoms with E-state index in [4.69, 9.17) is 21.6 Å². The number of benzene rings is 2. The first-order chi connectivity index (χ1) is 9.10. The molecular formula is C15H11ClFNO. The van der Waals surface area contributed by atoms with Gasteiger partial charge >= 0.3 is 0 Å². The number of ether oxygens (including phenoxy) is 1. The second-order valence-electron chi connectivity index (χ2n) is 4.11. The van der Waals surface area contributed by atoms with Crippen LogP contribution in [0.1, 0.15) is 16.7 Å². The number of halogens is 2. The van der Waals surface area contributed by atoms with Gasteiger partial charge < -0.3 is 4.74 Å². The molecule has 2 aromatic rings. The molecule has 2 nitrogen and oxygen atoms in total. The molecule has 0 saturated carbocycles. The van der Waals surface area contributed by atoms with E-state index in [1.807, 2.05) is 13.0 Å². The summed E-state index contributed by atoms with van der Waals surface area (Å²) in [5, 5.41) is 9.60. The van der Waals surface area contributed by atoms with Gasteiger partial charge in [0.1, 0.15) is 18.2 Å². The Balaban J connectivity index is 2.16. The number of nitriles is 1. The number of hydrogen-bond acceptors (Lipinski definition) is 2. The maximum Gasteiger partial charge on any atom is 0.123 e. The molecule has 0 atom stereocenters. The largest absolute Gasteiger partial charge is 0.489 e. The van der Waals surface area contributed by atoms with Crippen molar-refractivity contribution < 1.29 is 9.13 Å². The highest BCUT2D eigenvalue weighted by molar-refractivity contribution is 6.31. The molecule has 0 N–H and O–H groups in total. The Labute approximate surface area is 116 Å². The maximum atomic E-state index is 13.1. The summed E-state index contributed by atoms with van der Waals surface area (Å²) >= 11 is 5.92. The van der Waals surface area contributed by atoms with Crippen LogP contribution >= 0.6 is 11.6 Å². The molecule has 0 aliphatic rings. The lowest BCUT2D eigenvalue weighted by Crippen LogP contribution is -1.99. The van der Waals surface area contributed by atoms with Gasteiger partial charge in [0.25, 0.3) is 0 Å². The molecule has 0 radical (unpaired) electrons.